The molecule has 0 atom stereocenters. The molecule has 0 spiro atoms. The number of benzene rings is 1. The van der Waals surface area contributed by atoms with Gasteiger partial charge < -0.3 is 19.4 Å². The van der Waals surface area contributed by atoms with Crippen LogP contribution in [0, 0.1) is 11.8 Å². The third kappa shape index (κ3) is 7.05. The minimum atomic E-state index is -4.17. The van der Waals surface area contributed by atoms with Gasteiger partial charge in [-0.1, -0.05) is 24.6 Å². The molecular formula is C35H48N8O5S. The number of carbonyl (C=O) groups excluding carboxylic acids is 2. The number of aromatic nitrogens is 3. The zero-order chi connectivity index (χ0) is 34.1. The van der Waals surface area contributed by atoms with E-state index in [0.29, 0.717) is 50.0 Å². The molecule has 13 nitrogen and oxygen atoms in total. The van der Waals surface area contributed by atoms with Gasteiger partial charge in [0, 0.05) is 77.9 Å². The predicted octanol–water partition coefficient (Wildman–Crippen LogP) is 3.01. The summed E-state index contributed by atoms with van der Waals surface area (Å²) in [5.41, 5.74) is 3.27. The van der Waals surface area contributed by atoms with Gasteiger partial charge in [0.1, 0.15) is 5.69 Å². The van der Waals surface area contributed by atoms with Gasteiger partial charge in [-0.05, 0) is 69.7 Å². The predicted molar refractivity (Wildman–Crippen MR) is 187 cm³/mol. The van der Waals surface area contributed by atoms with Crippen LogP contribution in [-0.2, 0) is 19.7 Å². The van der Waals surface area contributed by atoms with Crippen LogP contribution in [-0.4, -0.2) is 122 Å². The Morgan fingerprint density at radius 3 is 2.24 bits per heavy atom. The van der Waals surface area contributed by atoms with Gasteiger partial charge in [0.2, 0.25) is 5.91 Å². The van der Waals surface area contributed by atoms with Crippen LogP contribution in [0.3, 0.4) is 0 Å². The van der Waals surface area contributed by atoms with Gasteiger partial charge in [-0.3, -0.25) is 9.59 Å². The van der Waals surface area contributed by atoms with Crippen molar-refractivity contribution >= 4 is 38.7 Å². The zero-order valence-electron chi connectivity index (χ0n) is 28.6. The summed E-state index contributed by atoms with van der Waals surface area (Å²) in [5, 5.41) is 6.04. The Morgan fingerprint density at radius 2 is 1.61 bits per heavy atom. The number of methoxy groups -OCH3 is 1. The van der Waals surface area contributed by atoms with Gasteiger partial charge in [0.05, 0.1) is 22.5 Å². The molecule has 2 amide bonds. The Kier molecular flexibility index (Phi) is 9.91. The number of rotatable bonds is 9. The van der Waals surface area contributed by atoms with E-state index in [-0.39, 0.29) is 30.6 Å². The van der Waals surface area contributed by atoms with Gasteiger partial charge in [-0.25, -0.2) is 14.4 Å². The van der Waals surface area contributed by atoms with Gasteiger partial charge in [0.25, 0.3) is 5.91 Å². The topological polar surface area (TPSA) is 133 Å². The number of fused-ring (bicyclic) bond motifs is 1. The van der Waals surface area contributed by atoms with Crippen molar-refractivity contribution in [1.82, 2.24) is 33.6 Å². The highest BCUT2D eigenvalue weighted by molar-refractivity contribution is 7.87. The monoisotopic (exact) mass is 692 g/mol. The molecule has 2 aromatic heterocycles. The molecule has 5 heterocycles. The molecule has 3 aromatic rings. The van der Waals surface area contributed by atoms with E-state index >= 15 is 0 Å². The lowest BCUT2D eigenvalue weighted by Gasteiger charge is -2.37. The van der Waals surface area contributed by atoms with Crippen LogP contribution in [0.25, 0.3) is 16.7 Å². The summed E-state index contributed by atoms with van der Waals surface area (Å²) in [7, 11) is -0.391. The molecule has 264 valence electrons. The number of carbonyl (C=O) groups is 2. The van der Waals surface area contributed by atoms with E-state index in [0.717, 1.165) is 80.7 Å². The van der Waals surface area contributed by atoms with Crippen molar-refractivity contribution in [3.8, 4) is 5.69 Å². The van der Waals surface area contributed by atoms with E-state index in [4.69, 9.17) is 14.8 Å². The largest absolute Gasteiger partial charge is 0.384 e. The number of hydrogen-bond donors (Lipinski definition) is 1. The Labute approximate surface area is 288 Å². The maximum atomic E-state index is 13.9. The lowest BCUT2D eigenvalue weighted by atomic mass is 9.82. The molecule has 0 unspecified atom stereocenters. The number of nitrogens with one attached hydrogen (secondary N) is 1. The molecule has 49 heavy (non-hydrogen) atoms. The second-order valence-corrected chi connectivity index (χ2v) is 15.8. The van der Waals surface area contributed by atoms with Crippen LogP contribution in [0.1, 0.15) is 67.0 Å². The SMILES string of the molecule is COCC1CCN(c2cc(C(=O)NS(=O)(=O)N3CCC(C(=O)N4CCN(C)CC4)CC3)nc3c2c(C2CCC2)nn3-c2ccccc2)CC1. The molecule has 14 heteroatoms. The van der Waals surface area contributed by atoms with Crippen molar-refractivity contribution in [2.45, 2.75) is 50.9 Å². The number of ether oxygens (including phenoxy) is 1. The number of anilines is 1. The van der Waals surface area contributed by atoms with Crippen molar-refractivity contribution < 1.29 is 22.7 Å². The van der Waals surface area contributed by atoms with Crippen LogP contribution >= 0.6 is 0 Å². The van der Waals surface area contributed by atoms with Gasteiger partial charge >= 0.3 is 10.2 Å². The summed E-state index contributed by atoms with van der Waals surface area (Å²) in [6.07, 6.45) is 6.00. The first-order valence-corrected chi connectivity index (χ1v) is 19.2. The van der Waals surface area contributed by atoms with Crippen molar-refractivity contribution in [3.63, 3.8) is 0 Å². The highest BCUT2D eigenvalue weighted by atomic mass is 32.2. The fourth-order valence-electron chi connectivity index (χ4n) is 7.64. The summed E-state index contributed by atoms with van der Waals surface area (Å²) < 4.78 is 38.0. The minimum Gasteiger partial charge on any atom is -0.384 e. The van der Waals surface area contributed by atoms with E-state index in [1.165, 1.54) is 4.31 Å². The molecule has 1 aliphatic carbocycles. The molecule has 1 N–H and O–H groups in total. The second kappa shape index (κ2) is 14.3. The Morgan fingerprint density at radius 1 is 0.918 bits per heavy atom. The first-order chi connectivity index (χ1) is 23.7. The summed E-state index contributed by atoms with van der Waals surface area (Å²) in [5.74, 6) is -0.120. The maximum Gasteiger partial charge on any atom is 0.304 e. The summed E-state index contributed by atoms with van der Waals surface area (Å²) in [4.78, 5) is 38.2. The first-order valence-electron chi connectivity index (χ1n) is 17.7. The van der Waals surface area contributed by atoms with Gasteiger partial charge in [-0.2, -0.15) is 17.8 Å². The van der Waals surface area contributed by atoms with Crippen molar-refractivity contribution in [1.29, 1.82) is 0 Å². The Hall–Kier alpha value is -3.59. The van der Waals surface area contributed by atoms with Crippen molar-refractivity contribution in [3.05, 3.63) is 47.8 Å². The number of para-hydroxylation sites is 1. The van der Waals surface area contributed by atoms with Gasteiger partial charge in [-0.15, -0.1) is 0 Å². The fraction of sp³-hybridized carbons (Fsp3) is 0.600. The molecule has 0 radical (unpaired) electrons. The average molecular weight is 693 g/mol. The third-order valence-electron chi connectivity index (χ3n) is 10.9. The van der Waals surface area contributed by atoms with E-state index in [9.17, 15) is 18.0 Å². The smallest absolute Gasteiger partial charge is 0.304 e. The van der Waals surface area contributed by atoms with E-state index in [1.54, 1.807) is 17.9 Å². The summed E-state index contributed by atoms with van der Waals surface area (Å²) >= 11 is 0. The number of hydrogen-bond acceptors (Lipinski definition) is 9. The highest BCUT2D eigenvalue weighted by Gasteiger charge is 2.36. The van der Waals surface area contributed by atoms with Crippen LogP contribution in [0.5, 0.6) is 0 Å². The van der Waals surface area contributed by atoms with Crippen molar-refractivity contribution in [2.75, 3.05) is 78.0 Å². The minimum absolute atomic E-state index is 0.0301. The van der Waals surface area contributed by atoms with E-state index < -0.39 is 16.1 Å². The maximum absolute atomic E-state index is 13.9. The summed E-state index contributed by atoms with van der Waals surface area (Å²) in [6.45, 7) is 5.70. The van der Waals surface area contributed by atoms with Crippen LogP contribution in [0.4, 0.5) is 5.69 Å². The van der Waals surface area contributed by atoms with E-state index in [2.05, 4.69) is 14.5 Å². The van der Waals surface area contributed by atoms with Crippen molar-refractivity contribution in [2.24, 2.45) is 11.8 Å². The number of piperazine rings is 1. The Balaban J connectivity index is 1.15. The molecule has 1 aromatic carbocycles. The standard InChI is InChI=1S/C35H48N8O5S/c1-39-19-21-41(22-20-39)35(45)27-13-17-42(18-14-27)49(46,47)38-34(44)29-23-30(40-15-11-25(12-16-40)24-48-2)31-32(26-7-6-8-26)37-43(33(31)36-29)28-9-4-3-5-10-28/h3-5,9-10,23,25-27H,6-8,11-22,24H2,1-2H3,(H,38,44). The number of pyridine rings is 1. The quantitative estimate of drug-likeness (QED) is 0.360. The molecular weight excluding hydrogens is 645 g/mol. The number of amides is 2. The zero-order valence-corrected chi connectivity index (χ0v) is 29.4. The van der Waals surface area contributed by atoms with Crippen LogP contribution < -0.4 is 9.62 Å². The third-order valence-corrected chi connectivity index (χ3v) is 12.4. The van der Waals surface area contributed by atoms with Crippen LogP contribution in [0.2, 0.25) is 0 Å². The number of piperidine rings is 2. The first kappa shape index (κ1) is 33.9. The van der Waals surface area contributed by atoms with E-state index in [1.807, 2.05) is 42.3 Å². The lowest BCUT2D eigenvalue weighted by molar-refractivity contribution is -0.138. The molecule has 4 fully saturated rings. The molecule has 4 aliphatic rings. The molecule has 3 aliphatic heterocycles. The fourth-order valence-corrected chi connectivity index (χ4v) is 8.80. The molecule has 3 saturated heterocycles. The molecule has 1 saturated carbocycles. The highest BCUT2D eigenvalue weighted by Crippen LogP contribution is 2.43. The average Bonchev–Trinajstić information content (AvgIpc) is 3.47. The number of likely N-dealkylation sites (N-methyl/N-ethyl adjacent to an activating group) is 1. The lowest BCUT2D eigenvalue weighted by Crippen LogP contribution is -2.52. The second-order valence-electron chi connectivity index (χ2n) is 14.1. The van der Waals surface area contributed by atoms with Crippen LogP contribution in [0.15, 0.2) is 36.4 Å². The Bertz CT molecular complexity index is 1760. The molecule has 0 bridgehead atoms. The normalized spacial score (nSPS) is 20.9. The molecule has 7 rings (SSSR count). The summed E-state index contributed by atoms with van der Waals surface area (Å²) in [6, 6.07) is 11.5. The number of nitrogens with zero attached hydrogens (tertiary/aromatic N) is 7. The van der Waals surface area contributed by atoms with Gasteiger partial charge in [0.15, 0.2) is 5.65 Å².